The van der Waals surface area contributed by atoms with Gasteiger partial charge in [0.05, 0.1) is 6.61 Å². The topological polar surface area (TPSA) is 47.6 Å². The van der Waals surface area contributed by atoms with Crippen molar-refractivity contribution in [3.63, 3.8) is 0 Å². The van der Waals surface area contributed by atoms with Crippen LogP contribution in [-0.4, -0.2) is 26.4 Å². The number of carbonyl (C=O) groups is 1. The lowest BCUT2D eigenvalue weighted by atomic mass is 9.79. The van der Waals surface area contributed by atoms with E-state index < -0.39 is 11.7 Å². The highest BCUT2D eigenvalue weighted by Crippen LogP contribution is 2.41. The van der Waals surface area contributed by atoms with Crippen molar-refractivity contribution in [1.82, 2.24) is 5.32 Å². The second-order valence-electron chi connectivity index (χ2n) is 7.59. The van der Waals surface area contributed by atoms with Crippen molar-refractivity contribution in [1.29, 1.82) is 0 Å². The summed E-state index contributed by atoms with van der Waals surface area (Å²) in [5.41, 5.74) is 5.03. The number of benzene rings is 3. The lowest BCUT2D eigenvalue weighted by Gasteiger charge is -2.35. The van der Waals surface area contributed by atoms with Crippen LogP contribution in [0.2, 0.25) is 0 Å². The van der Waals surface area contributed by atoms with Crippen LogP contribution in [0.15, 0.2) is 72.8 Å². The molecule has 0 aliphatic carbocycles. The Balaban J connectivity index is 2.19. The Morgan fingerprint density at radius 2 is 1.10 bits per heavy atom. The third-order valence-electron chi connectivity index (χ3n) is 5.20. The fourth-order valence-electron chi connectivity index (χ4n) is 3.47. The molecule has 0 unspecified atom stereocenters. The number of rotatable bonds is 7. The number of nitrogens with one attached hydrogen (secondary N) is 1. The fraction of sp³-hybridized carbons (Fsp3) is 0.269. The number of amides is 1. The number of carbonyl (C=O) groups excluding carboxylic acids is 1. The molecule has 4 nitrogen and oxygen atoms in total. The van der Waals surface area contributed by atoms with Crippen molar-refractivity contribution in [2.24, 2.45) is 0 Å². The molecule has 0 aliphatic heterocycles. The van der Waals surface area contributed by atoms with Crippen LogP contribution in [0.1, 0.15) is 33.4 Å². The smallest absolute Gasteiger partial charge is 0.408 e. The lowest BCUT2D eigenvalue weighted by molar-refractivity contribution is 0.0648. The molecule has 0 spiro atoms. The number of hydrogen-bond donors (Lipinski definition) is 1. The van der Waals surface area contributed by atoms with E-state index in [0.717, 1.165) is 33.4 Å². The Bertz CT molecular complexity index is 850. The number of aryl methyl sites for hydroxylation is 3. The second kappa shape index (κ2) is 9.59. The van der Waals surface area contributed by atoms with Crippen LogP contribution in [-0.2, 0) is 15.1 Å². The highest BCUT2D eigenvalue weighted by molar-refractivity contribution is 5.70. The van der Waals surface area contributed by atoms with Gasteiger partial charge in [0.1, 0.15) is 0 Å². The summed E-state index contributed by atoms with van der Waals surface area (Å²) in [6.07, 6.45) is -0.492. The zero-order valence-corrected chi connectivity index (χ0v) is 18.1. The van der Waals surface area contributed by atoms with Gasteiger partial charge in [-0.15, -0.1) is 0 Å². The summed E-state index contributed by atoms with van der Waals surface area (Å²) >= 11 is 0. The predicted octanol–water partition coefficient (Wildman–Crippen LogP) is 5.28. The summed E-state index contributed by atoms with van der Waals surface area (Å²) in [5, 5.41) is 2.80. The molecule has 3 rings (SSSR count). The number of alkyl carbamates (subject to hydrolysis) is 1. The second-order valence-corrected chi connectivity index (χ2v) is 7.59. The maximum atomic E-state index is 12.9. The molecule has 156 valence electrons. The molecule has 0 radical (unpaired) electrons. The molecule has 30 heavy (non-hydrogen) atoms. The molecule has 3 aromatic carbocycles. The molecular weight excluding hydrogens is 374 g/mol. The predicted molar refractivity (Wildman–Crippen MR) is 120 cm³/mol. The summed E-state index contributed by atoms with van der Waals surface area (Å²) in [6, 6.07) is 24.4. The van der Waals surface area contributed by atoms with E-state index >= 15 is 0 Å². The van der Waals surface area contributed by atoms with Gasteiger partial charge >= 0.3 is 6.09 Å². The molecule has 0 atom stereocenters. The van der Waals surface area contributed by atoms with Crippen molar-refractivity contribution in [3.8, 4) is 0 Å². The van der Waals surface area contributed by atoms with Gasteiger partial charge in [0, 0.05) is 30.3 Å². The van der Waals surface area contributed by atoms with Crippen molar-refractivity contribution < 1.29 is 14.3 Å². The van der Waals surface area contributed by atoms with Crippen LogP contribution in [0.3, 0.4) is 0 Å². The zero-order valence-electron chi connectivity index (χ0n) is 18.1. The van der Waals surface area contributed by atoms with Crippen LogP contribution in [0.5, 0.6) is 0 Å². The Labute approximate surface area is 178 Å². The Hall–Kier alpha value is -3.11. The summed E-state index contributed by atoms with van der Waals surface area (Å²) in [4.78, 5) is 12.9. The van der Waals surface area contributed by atoms with Crippen molar-refractivity contribution in [2.45, 2.75) is 26.4 Å². The van der Waals surface area contributed by atoms with E-state index in [-0.39, 0.29) is 0 Å². The van der Waals surface area contributed by atoms with Gasteiger partial charge in [0.25, 0.3) is 0 Å². The summed E-state index contributed by atoms with van der Waals surface area (Å²) in [7, 11) is 1.60. The van der Waals surface area contributed by atoms with Gasteiger partial charge in [0.2, 0.25) is 0 Å². The molecule has 1 amide bonds. The first-order chi connectivity index (χ1) is 14.5. The molecule has 0 saturated carbocycles. The molecule has 1 N–H and O–H groups in total. The summed E-state index contributed by atoms with van der Waals surface area (Å²) in [6.45, 7) is 6.92. The first-order valence-electron chi connectivity index (χ1n) is 10.1. The minimum absolute atomic E-state index is 0.376. The van der Waals surface area contributed by atoms with Crippen molar-refractivity contribution in [3.05, 3.63) is 106 Å². The molecule has 0 aromatic heterocycles. The van der Waals surface area contributed by atoms with Crippen LogP contribution < -0.4 is 5.32 Å². The molecule has 0 heterocycles. The Morgan fingerprint density at radius 3 is 1.43 bits per heavy atom. The maximum Gasteiger partial charge on any atom is 0.408 e. The number of ether oxygens (including phenoxy) is 2. The Kier molecular flexibility index (Phi) is 6.91. The van der Waals surface area contributed by atoms with E-state index in [1.165, 1.54) is 0 Å². The van der Waals surface area contributed by atoms with Gasteiger partial charge in [-0.2, -0.15) is 0 Å². The van der Waals surface area contributed by atoms with Gasteiger partial charge in [-0.3, -0.25) is 0 Å². The zero-order chi connectivity index (χ0) is 21.6. The monoisotopic (exact) mass is 403 g/mol. The quantitative estimate of drug-likeness (QED) is 0.431. The number of methoxy groups -OCH3 is 1. The van der Waals surface area contributed by atoms with Crippen LogP contribution >= 0.6 is 0 Å². The molecule has 0 aliphatic rings. The molecule has 0 fully saturated rings. The van der Waals surface area contributed by atoms with E-state index in [1.807, 2.05) is 93.6 Å². The minimum Gasteiger partial charge on any atom is -0.428 e. The third-order valence-corrected chi connectivity index (χ3v) is 5.20. The maximum absolute atomic E-state index is 12.9. The molecule has 0 bridgehead atoms. The van der Waals surface area contributed by atoms with Crippen molar-refractivity contribution >= 4 is 6.09 Å². The van der Waals surface area contributed by atoms with E-state index in [2.05, 4.69) is 5.32 Å². The number of hydrogen-bond acceptors (Lipinski definition) is 3. The molecule has 0 saturated heterocycles. The SMILES string of the molecule is COCCNC(=O)OC(c1ccc(C)cc1)(c1ccc(C)cc1)c1ccc(C)cc1. The van der Waals surface area contributed by atoms with Gasteiger partial charge < -0.3 is 14.8 Å². The largest absolute Gasteiger partial charge is 0.428 e. The lowest BCUT2D eigenvalue weighted by Crippen LogP contribution is -2.40. The van der Waals surface area contributed by atoms with Gasteiger partial charge in [-0.1, -0.05) is 89.5 Å². The van der Waals surface area contributed by atoms with E-state index in [9.17, 15) is 4.79 Å². The third kappa shape index (κ3) is 4.71. The van der Waals surface area contributed by atoms with Gasteiger partial charge in [0.15, 0.2) is 5.60 Å². The molecule has 4 heteroatoms. The average molecular weight is 404 g/mol. The van der Waals surface area contributed by atoms with Gasteiger partial charge in [-0.05, 0) is 20.8 Å². The average Bonchev–Trinajstić information content (AvgIpc) is 2.74. The van der Waals surface area contributed by atoms with Crippen LogP contribution in [0.4, 0.5) is 4.79 Å². The standard InChI is InChI=1S/C26H29NO3/c1-19-5-11-22(12-6-19)26(23-13-7-20(2)8-14-23,24-15-9-21(3)10-16-24)30-25(28)27-17-18-29-4/h5-16H,17-18H2,1-4H3,(H,27,28). The summed E-state index contributed by atoms with van der Waals surface area (Å²) < 4.78 is 11.3. The highest BCUT2D eigenvalue weighted by atomic mass is 16.6. The van der Waals surface area contributed by atoms with E-state index in [1.54, 1.807) is 7.11 Å². The highest BCUT2D eigenvalue weighted by Gasteiger charge is 2.40. The molecule has 3 aromatic rings. The first kappa shape index (κ1) is 21.6. The van der Waals surface area contributed by atoms with E-state index in [0.29, 0.717) is 13.2 Å². The first-order valence-corrected chi connectivity index (χ1v) is 10.1. The fourth-order valence-corrected chi connectivity index (χ4v) is 3.47. The minimum atomic E-state index is -1.08. The van der Waals surface area contributed by atoms with Gasteiger partial charge in [-0.25, -0.2) is 4.79 Å². The van der Waals surface area contributed by atoms with Crippen LogP contribution in [0, 0.1) is 20.8 Å². The van der Waals surface area contributed by atoms with Crippen molar-refractivity contribution in [2.75, 3.05) is 20.3 Å². The Morgan fingerprint density at radius 1 is 0.733 bits per heavy atom. The molecular formula is C26H29NO3. The van der Waals surface area contributed by atoms with Crippen LogP contribution in [0.25, 0.3) is 0 Å². The normalized spacial score (nSPS) is 11.2. The van der Waals surface area contributed by atoms with E-state index in [4.69, 9.17) is 9.47 Å². The summed E-state index contributed by atoms with van der Waals surface area (Å²) in [5.74, 6) is 0.